The number of nitrogens with zero attached hydrogens (tertiary/aromatic N) is 5. The van der Waals surface area contributed by atoms with E-state index >= 15 is 0 Å². The van der Waals surface area contributed by atoms with Crippen molar-refractivity contribution < 1.29 is 4.74 Å². The lowest BCUT2D eigenvalue weighted by Gasteiger charge is -2.21. The fraction of sp³-hybridized carbons (Fsp3) is 0.533. The van der Waals surface area contributed by atoms with Gasteiger partial charge >= 0.3 is 0 Å². The van der Waals surface area contributed by atoms with Crippen LogP contribution in [-0.4, -0.2) is 44.4 Å². The molecule has 22 heavy (non-hydrogen) atoms. The zero-order valence-electron chi connectivity index (χ0n) is 13.1. The van der Waals surface area contributed by atoms with E-state index in [2.05, 4.69) is 26.2 Å². The fourth-order valence-electron chi connectivity index (χ4n) is 3.05. The molecular formula is C15H20N6O. The van der Waals surface area contributed by atoms with E-state index in [0.717, 1.165) is 36.7 Å². The number of H-pyrrole nitrogens is 1. The van der Waals surface area contributed by atoms with Crippen LogP contribution in [0.15, 0.2) is 12.3 Å². The normalized spacial score (nSPS) is 22.1. The van der Waals surface area contributed by atoms with Gasteiger partial charge in [0, 0.05) is 33.4 Å². The molecule has 1 aliphatic rings. The minimum absolute atomic E-state index is 0.139. The van der Waals surface area contributed by atoms with Crippen LogP contribution in [-0.2, 0) is 18.3 Å². The average Bonchev–Trinajstić information content (AvgIpc) is 3.18. The molecule has 0 radical (unpaired) electrons. The maximum Gasteiger partial charge on any atom is 0.167 e. The monoisotopic (exact) mass is 300 g/mol. The van der Waals surface area contributed by atoms with Crippen molar-refractivity contribution in [1.82, 2.24) is 24.6 Å². The van der Waals surface area contributed by atoms with Gasteiger partial charge in [0.25, 0.3) is 0 Å². The lowest BCUT2D eigenvalue weighted by atomic mass is 10.2. The molecule has 0 aliphatic carbocycles. The standard InChI is InChI=1S/C15H20N6O/c1-10-17-15(19-18-10)14-5-13(22-3)9-21(14)8-11-4-12(6-16)20(2)7-11/h4,7,13-14H,5,8-9H2,1-3H3,(H,17,18,19)/t13-,14+/m1/s1. The maximum atomic E-state index is 9.08. The second-order valence-electron chi connectivity index (χ2n) is 5.77. The third kappa shape index (κ3) is 2.75. The number of hydrogen-bond donors (Lipinski definition) is 1. The fourth-order valence-corrected chi connectivity index (χ4v) is 3.05. The molecule has 0 aromatic carbocycles. The first-order valence-electron chi connectivity index (χ1n) is 7.31. The Bertz CT molecular complexity index is 697. The van der Waals surface area contributed by atoms with Gasteiger partial charge in [0.05, 0.1) is 12.1 Å². The highest BCUT2D eigenvalue weighted by Crippen LogP contribution is 2.32. The van der Waals surface area contributed by atoms with Crippen molar-refractivity contribution in [2.75, 3.05) is 13.7 Å². The molecule has 1 N–H and O–H groups in total. The van der Waals surface area contributed by atoms with Crippen LogP contribution in [0.5, 0.6) is 0 Å². The Balaban J connectivity index is 1.81. The number of hydrogen-bond acceptors (Lipinski definition) is 5. The molecule has 116 valence electrons. The predicted molar refractivity (Wildman–Crippen MR) is 79.8 cm³/mol. The molecule has 2 aromatic rings. The van der Waals surface area contributed by atoms with Gasteiger partial charge in [-0.05, 0) is 25.0 Å². The molecule has 3 heterocycles. The summed E-state index contributed by atoms with van der Waals surface area (Å²) in [4.78, 5) is 6.78. The van der Waals surface area contributed by atoms with E-state index in [-0.39, 0.29) is 12.1 Å². The highest BCUT2D eigenvalue weighted by Gasteiger charge is 2.35. The van der Waals surface area contributed by atoms with Crippen molar-refractivity contribution in [1.29, 1.82) is 5.26 Å². The summed E-state index contributed by atoms with van der Waals surface area (Å²) in [6, 6.07) is 4.27. The second kappa shape index (κ2) is 5.91. The molecule has 0 saturated carbocycles. The number of methoxy groups -OCH3 is 1. The predicted octanol–water partition coefficient (Wildman–Crippen LogP) is 1.29. The number of ether oxygens (including phenoxy) is 1. The largest absolute Gasteiger partial charge is 0.380 e. The molecule has 1 saturated heterocycles. The summed E-state index contributed by atoms with van der Waals surface area (Å²) in [6.45, 7) is 3.50. The Hall–Kier alpha value is -2.17. The van der Waals surface area contributed by atoms with Crippen LogP contribution < -0.4 is 0 Å². The molecule has 7 heteroatoms. The van der Waals surface area contributed by atoms with Crippen LogP contribution in [0.25, 0.3) is 0 Å². The van der Waals surface area contributed by atoms with Gasteiger partial charge < -0.3 is 9.30 Å². The van der Waals surface area contributed by atoms with E-state index in [4.69, 9.17) is 10.00 Å². The lowest BCUT2D eigenvalue weighted by Crippen LogP contribution is -2.25. The Labute approximate surface area is 129 Å². The van der Waals surface area contributed by atoms with Gasteiger partial charge in [0.15, 0.2) is 5.82 Å². The summed E-state index contributed by atoms with van der Waals surface area (Å²) in [6.07, 6.45) is 3.06. The third-order valence-corrected chi connectivity index (χ3v) is 4.17. The summed E-state index contributed by atoms with van der Waals surface area (Å²) in [5.41, 5.74) is 1.79. The second-order valence-corrected chi connectivity index (χ2v) is 5.77. The molecule has 7 nitrogen and oxygen atoms in total. The van der Waals surface area contributed by atoms with E-state index in [1.165, 1.54) is 0 Å². The van der Waals surface area contributed by atoms with E-state index in [9.17, 15) is 0 Å². The summed E-state index contributed by atoms with van der Waals surface area (Å²) in [5.74, 6) is 1.63. The van der Waals surface area contributed by atoms with Gasteiger partial charge in [0.2, 0.25) is 0 Å². The van der Waals surface area contributed by atoms with Gasteiger partial charge in [-0.3, -0.25) is 10.00 Å². The van der Waals surface area contributed by atoms with Gasteiger partial charge in [-0.25, -0.2) is 4.98 Å². The maximum absolute atomic E-state index is 9.08. The van der Waals surface area contributed by atoms with Crippen molar-refractivity contribution in [3.63, 3.8) is 0 Å². The zero-order valence-corrected chi connectivity index (χ0v) is 13.1. The van der Waals surface area contributed by atoms with Crippen LogP contribution in [0, 0.1) is 18.3 Å². The van der Waals surface area contributed by atoms with Crippen molar-refractivity contribution in [3.8, 4) is 6.07 Å². The number of likely N-dealkylation sites (tertiary alicyclic amines) is 1. The van der Waals surface area contributed by atoms with Crippen molar-refractivity contribution in [2.45, 2.75) is 32.0 Å². The Kier molecular flexibility index (Phi) is 3.96. The first-order chi connectivity index (χ1) is 10.6. The number of nitriles is 1. The van der Waals surface area contributed by atoms with Crippen molar-refractivity contribution in [3.05, 3.63) is 35.2 Å². The van der Waals surface area contributed by atoms with Crippen LogP contribution in [0.4, 0.5) is 0 Å². The first-order valence-corrected chi connectivity index (χ1v) is 7.31. The Morgan fingerprint density at radius 1 is 1.55 bits per heavy atom. The minimum atomic E-state index is 0.139. The highest BCUT2D eigenvalue weighted by atomic mass is 16.5. The molecule has 0 unspecified atom stereocenters. The average molecular weight is 300 g/mol. The minimum Gasteiger partial charge on any atom is -0.380 e. The van der Waals surface area contributed by atoms with Crippen molar-refractivity contribution in [2.24, 2.45) is 7.05 Å². The number of rotatable bonds is 4. The number of nitrogens with one attached hydrogen (secondary N) is 1. The number of aryl methyl sites for hydroxylation is 2. The van der Waals surface area contributed by atoms with Crippen LogP contribution >= 0.6 is 0 Å². The van der Waals surface area contributed by atoms with E-state index in [1.54, 1.807) is 7.11 Å². The molecule has 3 rings (SSSR count). The van der Waals surface area contributed by atoms with Crippen molar-refractivity contribution >= 4 is 0 Å². The van der Waals surface area contributed by atoms with Crippen LogP contribution in [0.1, 0.15) is 35.4 Å². The quantitative estimate of drug-likeness (QED) is 0.920. The SMILES string of the molecule is CO[C@@H]1C[C@@H](c2n[nH]c(C)n2)N(Cc2cc(C#N)n(C)c2)C1. The third-order valence-electron chi connectivity index (χ3n) is 4.17. The molecule has 0 spiro atoms. The summed E-state index contributed by atoms with van der Waals surface area (Å²) >= 11 is 0. The molecule has 1 fully saturated rings. The molecule has 1 aliphatic heterocycles. The van der Waals surface area contributed by atoms with E-state index in [0.29, 0.717) is 5.69 Å². The lowest BCUT2D eigenvalue weighted by molar-refractivity contribution is 0.107. The van der Waals surface area contributed by atoms with E-state index < -0.39 is 0 Å². The summed E-state index contributed by atoms with van der Waals surface area (Å²) < 4.78 is 7.38. The highest BCUT2D eigenvalue weighted by molar-refractivity contribution is 5.28. The molecular weight excluding hydrogens is 280 g/mol. The van der Waals surface area contributed by atoms with Crippen LogP contribution in [0.3, 0.4) is 0 Å². The van der Waals surface area contributed by atoms with Gasteiger partial charge in [-0.15, -0.1) is 0 Å². The number of aromatic nitrogens is 4. The van der Waals surface area contributed by atoms with Gasteiger partial charge in [0.1, 0.15) is 17.6 Å². The summed E-state index contributed by atoms with van der Waals surface area (Å²) in [7, 11) is 3.63. The molecule has 2 atom stereocenters. The summed E-state index contributed by atoms with van der Waals surface area (Å²) in [5, 5.41) is 16.3. The molecule has 2 aromatic heterocycles. The Morgan fingerprint density at radius 2 is 2.36 bits per heavy atom. The smallest absolute Gasteiger partial charge is 0.167 e. The first kappa shape index (κ1) is 14.8. The van der Waals surface area contributed by atoms with Gasteiger partial charge in [-0.1, -0.05) is 0 Å². The molecule has 0 bridgehead atoms. The zero-order chi connectivity index (χ0) is 15.7. The van der Waals surface area contributed by atoms with Crippen LogP contribution in [0.2, 0.25) is 0 Å². The van der Waals surface area contributed by atoms with E-state index in [1.807, 2.05) is 30.8 Å². The van der Waals surface area contributed by atoms with Gasteiger partial charge in [-0.2, -0.15) is 10.4 Å². The Morgan fingerprint density at radius 3 is 2.95 bits per heavy atom. The molecule has 0 amide bonds. The number of aromatic amines is 1. The topological polar surface area (TPSA) is 82.8 Å².